The first-order valence-electron chi connectivity index (χ1n) is 8.09. The minimum Gasteiger partial charge on any atom is -0.397 e. The number of anilines is 2. The molecule has 0 atom stereocenters. The van der Waals surface area contributed by atoms with Gasteiger partial charge < -0.3 is 11.1 Å². The van der Waals surface area contributed by atoms with Crippen LogP contribution in [0.25, 0.3) is 0 Å². The summed E-state index contributed by atoms with van der Waals surface area (Å²) in [7, 11) is 0. The van der Waals surface area contributed by atoms with Crippen molar-refractivity contribution < 1.29 is 4.79 Å². The van der Waals surface area contributed by atoms with E-state index in [4.69, 9.17) is 5.73 Å². The van der Waals surface area contributed by atoms with Gasteiger partial charge in [0.25, 0.3) is 0 Å². The molecule has 0 aromatic carbocycles. The van der Waals surface area contributed by atoms with Crippen molar-refractivity contribution in [2.45, 2.75) is 59.8 Å². The van der Waals surface area contributed by atoms with Gasteiger partial charge in [0, 0.05) is 12.5 Å². The maximum Gasteiger partial charge on any atom is 0.177 e. The molecule has 0 radical (unpaired) electrons. The van der Waals surface area contributed by atoms with Crippen LogP contribution >= 0.6 is 11.3 Å². The van der Waals surface area contributed by atoms with Crippen molar-refractivity contribution in [1.29, 1.82) is 0 Å². The minimum atomic E-state index is -0.000225. The zero-order valence-electron chi connectivity index (χ0n) is 13.9. The third-order valence-corrected chi connectivity index (χ3v) is 4.64. The second-order valence-corrected chi connectivity index (χ2v) is 7.49. The number of nitrogens with one attached hydrogen (secondary N) is 1. The van der Waals surface area contributed by atoms with E-state index < -0.39 is 0 Å². The lowest BCUT2D eigenvalue weighted by atomic mass is 10.0. The monoisotopic (exact) mass is 310 g/mol. The van der Waals surface area contributed by atoms with Crippen LogP contribution in [-0.4, -0.2) is 12.3 Å². The summed E-state index contributed by atoms with van der Waals surface area (Å²) in [4.78, 5) is 12.7. The van der Waals surface area contributed by atoms with Crippen molar-refractivity contribution in [3.05, 3.63) is 10.9 Å². The Balaban J connectivity index is 2.27. The molecule has 0 amide bonds. The number of ketones is 1. The van der Waals surface area contributed by atoms with Gasteiger partial charge in [-0.3, -0.25) is 4.79 Å². The highest BCUT2D eigenvalue weighted by atomic mass is 32.1. The topological polar surface area (TPSA) is 55.1 Å². The Kier molecular flexibility index (Phi) is 7.79. The zero-order valence-corrected chi connectivity index (χ0v) is 14.7. The van der Waals surface area contributed by atoms with Crippen molar-refractivity contribution in [3.8, 4) is 0 Å². The summed E-state index contributed by atoms with van der Waals surface area (Å²) in [5.74, 6) is 0.952. The molecule has 0 aliphatic carbocycles. The van der Waals surface area contributed by atoms with Crippen molar-refractivity contribution in [2.24, 2.45) is 11.8 Å². The second kappa shape index (κ2) is 9.08. The van der Waals surface area contributed by atoms with Crippen molar-refractivity contribution in [1.82, 2.24) is 0 Å². The molecule has 0 aliphatic heterocycles. The van der Waals surface area contributed by atoms with Gasteiger partial charge in [0.2, 0.25) is 0 Å². The molecule has 120 valence electrons. The fourth-order valence-corrected chi connectivity index (χ4v) is 3.28. The molecule has 3 N–H and O–H groups in total. The second-order valence-electron chi connectivity index (χ2n) is 6.44. The molecule has 0 bridgehead atoms. The Morgan fingerprint density at radius 3 is 2.48 bits per heavy atom. The molecule has 0 fully saturated rings. The maximum absolute atomic E-state index is 12.0. The fraction of sp³-hybridized carbons (Fsp3) is 0.706. The van der Waals surface area contributed by atoms with Crippen molar-refractivity contribution >= 4 is 27.8 Å². The van der Waals surface area contributed by atoms with Crippen LogP contribution in [0.4, 0.5) is 10.7 Å². The fourth-order valence-electron chi connectivity index (χ4n) is 2.19. The average Bonchev–Trinajstić information content (AvgIpc) is 2.77. The smallest absolute Gasteiger partial charge is 0.177 e. The minimum absolute atomic E-state index is 0.000225. The van der Waals surface area contributed by atoms with Crippen molar-refractivity contribution in [3.63, 3.8) is 0 Å². The summed E-state index contributed by atoms with van der Waals surface area (Å²) in [6.45, 7) is 9.33. The van der Waals surface area contributed by atoms with Gasteiger partial charge in [-0.05, 0) is 18.4 Å². The summed E-state index contributed by atoms with van der Waals surface area (Å²) in [6, 6.07) is 1.89. The Hall–Kier alpha value is -1.03. The van der Waals surface area contributed by atoms with E-state index in [0.717, 1.165) is 17.5 Å². The summed E-state index contributed by atoms with van der Waals surface area (Å²) < 4.78 is 0. The first kappa shape index (κ1) is 18.0. The summed E-state index contributed by atoms with van der Waals surface area (Å²) in [5, 5.41) is 4.40. The van der Waals surface area contributed by atoms with E-state index in [1.165, 1.54) is 43.4 Å². The van der Waals surface area contributed by atoms with Gasteiger partial charge in [0.05, 0.1) is 15.6 Å². The highest BCUT2D eigenvalue weighted by Gasteiger charge is 2.17. The number of rotatable bonds is 10. The number of unbranched alkanes of at least 4 members (excludes halogenated alkanes) is 3. The van der Waals surface area contributed by atoms with Gasteiger partial charge in [-0.2, -0.15) is 0 Å². The van der Waals surface area contributed by atoms with Gasteiger partial charge in [-0.25, -0.2) is 0 Å². The van der Waals surface area contributed by atoms with E-state index in [9.17, 15) is 4.79 Å². The van der Waals surface area contributed by atoms with Gasteiger partial charge in [0.15, 0.2) is 5.78 Å². The molecule has 4 heteroatoms. The zero-order chi connectivity index (χ0) is 15.8. The SMILES string of the molecule is CC(C)CCCCCCNc1cc(N)c(C(=O)C(C)C)s1. The lowest BCUT2D eigenvalue weighted by Gasteiger charge is -2.05. The first-order valence-corrected chi connectivity index (χ1v) is 8.90. The molecule has 0 saturated carbocycles. The van der Waals surface area contributed by atoms with E-state index in [-0.39, 0.29) is 11.7 Å². The lowest BCUT2D eigenvalue weighted by Crippen LogP contribution is -2.07. The van der Waals surface area contributed by atoms with Crippen LogP contribution < -0.4 is 11.1 Å². The van der Waals surface area contributed by atoms with Crippen LogP contribution in [-0.2, 0) is 0 Å². The molecule has 1 rings (SSSR count). The highest BCUT2D eigenvalue weighted by molar-refractivity contribution is 7.18. The quantitative estimate of drug-likeness (QED) is 0.462. The predicted octanol–water partition coefficient (Wildman–Crippen LogP) is 5.19. The maximum atomic E-state index is 12.0. The number of nitrogen functional groups attached to an aromatic ring is 1. The number of carbonyl (C=O) groups excluding carboxylic acids is 1. The molecular formula is C17H30N2OS. The molecule has 0 unspecified atom stereocenters. The predicted molar refractivity (Wildman–Crippen MR) is 94.3 cm³/mol. The number of hydrogen-bond acceptors (Lipinski definition) is 4. The third kappa shape index (κ3) is 6.51. The van der Waals surface area contributed by atoms with Crippen LogP contribution in [0.1, 0.15) is 69.5 Å². The van der Waals surface area contributed by atoms with E-state index in [1.807, 2.05) is 19.9 Å². The van der Waals surface area contributed by atoms with Gasteiger partial charge in [-0.1, -0.05) is 53.4 Å². The van der Waals surface area contributed by atoms with Gasteiger partial charge >= 0.3 is 0 Å². The largest absolute Gasteiger partial charge is 0.397 e. The first-order chi connectivity index (χ1) is 9.91. The van der Waals surface area contributed by atoms with Crippen LogP contribution in [0.5, 0.6) is 0 Å². The van der Waals surface area contributed by atoms with E-state index in [1.54, 1.807) is 0 Å². The Labute approximate surface area is 133 Å². The molecule has 1 heterocycles. The average molecular weight is 311 g/mol. The number of hydrogen-bond donors (Lipinski definition) is 2. The van der Waals surface area contributed by atoms with Crippen LogP contribution in [0.2, 0.25) is 0 Å². The van der Waals surface area contributed by atoms with E-state index in [2.05, 4.69) is 19.2 Å². The van der Waals surface area contributed by atoms with Gasteiger partial charge in [-0.15, -0.1) is 11.3 Å². The standard InChI is InChI=1S/C17H30N2OS/c1-12(2)9-7-5-6-8-10-19-15-11-14(18)17(21-15)16(20)13(3)4/h11-13,19H,5-10,18H2,1-4H3. The summed E-state index contributed by atoms with van der Waals surface area (Å²) in [6.07, 6.45) is 6.40. The van der Waals surface area contributed by atoms with E-state index >= 15 is 0 Å². The van der Waals surface area contributed by atoms with Crippen LogP contribution in [0, 0.1) is 11.8 Å². The number of Topliss-reactive ketones (excluding diaryl/α,β-unsaturated/α-hetero) is 1. The van der Waals surface area contributed by atoms with Crippen molar-refractivity contribution in [2.75, 3.05) is 17.6 Å². The molecule has 1 aromatic heterocycles. The molecule has 3 nitrogen and oxygen atoms in total. The van der Waals surface area contributed by atoms with Crippen LogP contribution in [0.15, 0.2) is 6.07 Å². The molecule has 21 heavy (non-hydrogen) atoms. The number of thiophene rings is 1. The normalized spacial score (nSPS) is 11.3. The number of nitrogens with two attached hydrogens (primary N) is 1. The van der Waals surface area contributed by atoms with Crippen LogP contribution in [0.3, 0.4) is 0 Å². The highest BCUT2D eigenvalue weighted by Crippen LogP contribution is 2.31. The Bertz CT molecular complexity index is 438. The molecule has 0 spiro atoms. The molecule has 0 aliphatic rings. The Morgan fingerprint density at radius 2 is 1.86 bits per heavy atom. The third-order valence-electron chi connectivity index (χ3n) is 3.52. The molecule has 0 saturated heterocycles. The molecule has 1 aromatic rings. The molecular weight excluding hydrogens is 280 g/mol. The lowest BCUT2D eigenvalue weighted by molar-refractivity contribution is 0.0944. The van der Waals surface area contributed by atoms with E-state index in [0.29, 0.717) is 10.6 Å². The Morgan fingerprint density at radius 1 is 1.19 bits per heavy atom. The number of carbonyl (C=O) groups is 1. The summed E-state index contributed by atoms with van der Waals surface area (Å²) >= 11 is 1.48. The van der Waals surface area contributed by atoms with Gasteiger partial charge in [0.1, 0.15) is 0 Å². The summed E-state index contributed by atoms with van der Waals surface area (Å²) in [5.41, 5.74) is 6.54.